The molecule has 0 nitrogen and oxygen atoms in total. The number of benzene rings is 4. The molecule has 4 rings (SSSR count). The maximum absolute atomic E-state index is 14.9. The van der Waals surface area contributed by atoms with Crippen LogP contribution in [0.25, 0.3) is 21.9 Å². The summed E-state index contributed by atoms with van der Waals surface area (Å²) in [6.45, 7) is 2.13. The molecule has 0 aliphatic carbocycles. The average molecular weight is 493 g/mol. The first kappa shape index (κ1) is 25.4. The summed E-state index contributed by atoms with van der Waals surface area (Å²) in [4.78, 5) is 0. The lowest BCUT2D eigenvalue weighted by Crippen LogP contribution is -1.96. The summed E-state index contributed by atoms with van der Waals surface area (Å²) in [7, 11) is 0. The van der Waals surface area contributed by atoms with Gasteiger partial charge in [0.2, 0.25) is 0 Å². The zero-order valence-electron chi connectivity index (χ0n) is 19.9. The van der Waals surface area contributed by atoms with Gasteiger partial charge in [0.15, 0.2) is 11.6 Å². The predicted molar refractivity (Wildman–Crippen MR) is 134 cm³/mol. The number of hydrogen-bond donors (Lipinski definition) is 0. The SMILES string of the molecule is CCCCCCCc1cc(F)c(C#Cc2ccc(-c3ccc4c(F)c(F)ccc4c3)c(F)c2)c(F)c1. The molecule has 0 saturated heterocycles. The summed E-state index contributed by atoms with van der Waals surface area (Å²) >= 11 is 0. The van der Waals surface area contributed by atoms with Crippen molar-refractivity contribution in [2.75, 3.05) is 0 Å². The fraction of sp³-hybridized carbons (Fsp3) is 0.226. The van der Waals surface area contributed by atoms with Crippen LogP contribution in [-0.2, 0) is 6.42 Å². The first-order valence-corrected chi connectivity index (χ1v) is 12.0. The van der Waals surface area contributed by atoms with Crippen LogP contribution in [-0.4, -0.2) is 0 Å². The molecule has 4 aromatic carbocycles. The molecule has 0 aliphatic heterocycles. The van der Waals surface area contributed by atoms with Gasteiger partial charge in [-0.3, -0.25) is 0 Å². The number of rotatable bonds is 7. The third-order valence-corrected chi connectivity index (χ3v) is 6.19. The highest BCUT2D eigenvalue weighted by molar-refractivity contribution is 5.88. The Bertz CT molecular complexity index is 1440. The van der Waals surface area contributed by atoms with Crippen molar-refractivity contribution in [2.45, 2.75) is 45.4 Å². The van der Waals surface area contributed by atoms with Crippen molar-refractivity contribution in [3.63, 3.8) is 0 Å². The molecule has 36 heavy (non-hydrogen) atoms. The second-order valence-corrected chi connectivity index (χ2v) is 8.84. The molecule has 0 aromatic heterocycles. The largest absolute Gasteiger partial charge is 0.206 e. The summed E-state index contributed by atoms with van der Waals surface area (Å²) in [6, 6.07) is 13.8. The van der Waals surface area contributed by atoms with Crippen LogP contribution in [0, 0.1) is 40.9 Å². The molecule has 5 heteroatoms. The number of hydrogen-bond acceptors (Lipinski definition) is 0. The van der Waals surface area contributed by atoms with Gasteiger partial charge in [-0.15, -0.1) is 0 Å². The van der Waals surface area contributed by atoms with Gasteiger partial charge in [0.05, 0.1) is 5.56 Å². The van der Waals surface area contributed by atoms with Crippen molar-refractivity contribution in [3.8, 4) is 23.0 Å². The van der Waals surface area contributed by atoms with Crippen LogP contribution in [0.4, 0.5) is 22.0 Å². The van der Waals surface area contributed by atoms with Crippen LogP contribution in [0.15, 0.2) is 60.7 Å². The third-order valence-electron chi connectivity index (χ3n) is 6.19. The van der Waals surface area contributed by atoms with E-state index in [0.29, 0.717) is 22.9 Å². The molecule has 0 radical (unpaired) electrons. The van der Waals surface area contributed by atoms with E-state index in [2.05, 4.69) is 18.8 Å². The normalized spacial score (nSPS) is 10.9. The Morgan fingerprint density at radius 2 is 1.39 bits per heavy atom. The van der Waals surface area contributed by atoms with Crippen molar-refractivity contribution in [1.82, 2.24) is 0 Å². The van der Waals surface area contributed by atoms with Gasteiger partial charge in [0.1, 0.15) is 17.5 Å². The van der Waals surface area contributed by atoms with E-state index in [4.69, 9.17) is 0 Å². The van der Waals surface area contributed by atoms with Crippen molar-refractivity contribution >= 4 is 10.8 Å². The highest BCUT2D eigenvalue weighted by Gasteiger charge is 2.12. The fourth-order valence-corrected chi connectivity index (χ4v) is 4.22. The summed E-state index contributed by atoms with van der Waals surface area (Å²) in [5.74, 6) is 1.15. The summed E-state index contributed by atoms with van der Waals surface area (Å²) in [5.41, 5.74) is 1.23. The minimum atomic E-state index is -0.954. The van der Waals surface area contributed by atoms with Gasteiger partial charge in [-0.25, -0.2) is 22.0 Å². The molecule has 184 valence electrons. The van der Waals surface area contributed by atoms with Gasteiger partial charge in [-0.05, 0) is 65.8 Å². The van der Waals surface area contributed by atoms with Gasteiger partial charge in [-0.2, -0.15) is 0 Å². The first-order chi connectivity index (χ1) is 17.4. The van der Waals surface area contributed by atoms with E-state index in [1.165, 1.54) is 42.5 Å². The smallest absolute Gasteiger partial charge is 0.166 e. The minimum Gasteiger partial charge on any atom is -0.206 e. The van der Waals surface area contributed by atoms with E-state index in [-0.39, 0.29) is 22.1 Å². The van der Waals surface area contributed by atoms with E-state index in [9.17, 15) is 22.0 Å². The zero-order chi connectivity index (χ0) is 25.7. The Morgan fingerprint density at radius 3 is 2.11 bits per heavy atom. The lowest BCUT2D eigenvalue weighted by atomic mass is 9.99. The summed E-state index contributed by atoms with van der Waals surface area (Å²) in [5, 5.41) is 0.540. The summed E-state index contributed by atoms with van der Waals surface area (Å²) < 4.78 is 71.3. The maximum Gasteiger partial charge on any atom is 0.166 e. The number of fused-ring (bicyclic) bond motifs is 1. The molecule has 0 N–H and O–H groups in total. The predicted octanol–water partition coefficient (Wildman–Crippen LogP) is 9.11. The van der Waals surface area contributed by atoms with Crippen LogP contribution in [0.1, 0.15) is 55.7 Å². The van der Waals surface area contributed by atoms with E-state index >= 15 is 0 Å². The highest BCUT2D eigenvalue weighted by atomic mass is 19.2. The van der Waals surface area contributed by atoms with E-state index in [1.54, 1.807) is 12.1 Å². The summed E-state index contributed by atoms with van der Waals surface area (Å²) in [6.07, 6.45) is 5.90. The monoisotopic (exact) mass is 492 g/mol. The van der Waals surface area contributed by atoms with Crippen LogP contribution in [0.2, 0.25) is 0 Å². The van der Waals surface area contributed by atoms with E-state index < -0.39 is 29.1 Å². The molecule has 0 aliphatic rings. The first-order valence-electron chi connectivity index (χ1n) is 12.0. The molecule has 0 atom stereocenters. The lowest BCUT2D eigenvalue weighted by Gasteiger charge is -2.07. The van der Waals surface area contributed by atoms with Gasteiger partial charge >= 0.3 is 0 Å². The number of halogens is 5. The van der Waals surface area contributed by atoms with Crippen LogP contribution < -0.4 is 0 Å². The second-order valence-electron chi connectivity index (χ2n) is 8.84. The van der Waals surface area contributed by atoms with Gasteiger partial charge in [0, 0.05) is 16.5 Å². The Morgan fingerprint density at radius 1 is 0.639 bits per heavy atom. The molecule has 0 bridgehead atoms. The Kier molecular flexibility index (Phi) is 8.05. The van der Waals surface area contributed by atoms with Gasteiger partial charge in [-0.1, -0.05) is 68.7 Å². The quantitative estimate of drug-likeness (QED) is 0.137. The number of unbranched alkanes of at least 4 members (excludes halogenated alkanes) is 4. The molecule has 0 heterocycles. The highest BCUT2D eigenvalue weighted by Crippen LogP contribution is 2.29. The topological polar surface area (TPSA) is 0 Å². The van der Waals surface area contributed by atoms with E-state index in [0.717, 1.165) is 38.2 Å². The van der Waals surface area contributed by atoms with Crippen molar-refractivity contribution in [1.29, 1.82) is 0 Å². The second kappa shape index (κ2) is 11.4. The molecule has 0 fully saturated rings. The molecular formula is C31H25F5. The van der Waals surface area contributed by atoms with Crippen molar-refractivity contribution < 1.29 is 22.0 Å². The van der Waals surface area contributed by atoms with Crippen LogP contribution >= 0.6 is 0 Å². The molecule has 0 unspecified atom stereocenters. The molecular weight excluding hydrogens is 467 g/mol. The Balaban J connectivity index is 1.53. The van der Waals surface area contributed by atoms with Crippen LogP contribution in [0.3, 0.4) is 0 Å². The minimum absolute atomic E-state index is 0.105. The van der Waals surface area contributed by atoms with Crippen molar-refractivity contribution in [2.24, 2.45) is 0 Å². The average Bonchev–Trinajstić information content (AvgIpc) is 2.85. The lowest BCUT2D eigenvalue weighted by molar-refractivity contribution is 0.517. The fourth-order valence-electron chi connectivity index (χ4n) is 4.22. The maximum atomic E-state index is 14.9. The van der Waals surface area contributed by atoms with E-state index in [1.807, 2.05) is 0 Å². The molecule has 0 amide bonds. The van der Waals surface area contributed by atoms with Gasteiger partial charge in [0.25, 0.3) is 0 Å². The zero-order valence-corrected chi connectivity index (χ0v) is 19.9. The third kappa shape index (κ3) is 5.76. The standard InChI is InChI=1S/C31H25F5/c1-2-3-4-5-6-7-21-17-29(34)26(30(35)18-21)13-9-20-8-12-24(28(33)16-20)22-10-14-25-23(19-22)11-15-27(32)31(25)36/h8,10-12,14-19H,2-7H2,1H3. The Hall–Kier alpha value is -3.65. The van der Waals surface area contributed by atoms with Gasteiger partial charge < -0.3 is 0 Å². The molecule has 4 aromatic rings. The van der Waals surface area contributed by atoms with Crippen LogP contribution in [0.5, 0.6) is 0 Å². The molecule has 0 saturated carbocycles. The van der Waals surface area contributed by atoms with Crippen molar-refractivity contribution in [3.05, 3.63) is 106 Å². The molecule has 0 spiro atoms. The Labute approximate surface area is 207 Å². The number of aryl methyl sites for hydroxylation is 1.